The van der Waals surface area contributed by atoms with Crippen LogP contribution in [0, 0.1) is 11.3 Å². The van der Waals surface area contributed by atoms with Gasteiger partial charge in [0.2, 0.25) is 0 Å². The van der Waals surface area contributed by atoms with Crippen LogP contribution in [0.5, 0.6) is 0 Å². The van der Waals surface area contributed by atoms with Gasteiger partial charge in [-0.2, -0.15) is 26.3 Å². The zero-order chi connectivity index (χ0) is 28.6. The number of carboxylic acids is 2. The van der Waals surface area contributed by atoms with Gasteiger partial charge < -0.3 is 19.8 Å². The van der Waals surface area contributed by atoms with Gasteiger partial charge in [0.15, 0.2) is 0 Å². The summed E-state index contributed by atoms with van der Waals surface area (Å²) in [5.41, 5.74) is 0.502. The van der Waals surface area contributed by atoms with Crippen LogP contribution in [-0.2, 0) is 20.9 Å². The first-order valence-electron chi connectivity index (χ1n) is 12.3. The van der Waals surface area contributed by atoms with Crippen molar-refractivity contribution in [2.24, 2.45) is 11.3 Å². The molecule has 0 amide bonds. The van der Waals surface area contributed by atoms with Crippen molar-refractivity contribution in [3.05, 3.63) is 22.4 Å². The summed E-state index contributed by atoms with van der Waals surface area (Å²) >= 11 is 1.90. The van der Waals surface area contributed by atoms with Crippen LogP contribution >= 0.6 is 11.3 Å². The number of carboxylic acid groups (broad SMARTS) is 2. The first-order chi connectivity index (χ1) is 17.7. The number of carbonyl (C=O) groups is 2. The number of alkyl halides is 6. The molecule has 3 heterocycles. The molecule has 1 spiro atoms. The summed E-state index contributed by atoms with van der Waals surface area (Å²) < 4.78 is 69.1. The molecule has 3 aliphatic rings. The molecule has 2 saturated heterocycles. The second kappa shape index (κ2) is 13.9. The molecule has 1 unspecified atom stereocenters. The van der Waals surface area contributed by atoms with E-state index in [2.05, 4.69) is 27.3 Å². The second-order valence-electron chi connectivity index (χ2n) is 9.84. The molecule has 7 nitrogen and oxygen atoms in total. The number of hydrogen-bond acceptors (Lipinski definition) is 6. The molecule has 2 aliphatic heterocycles. The Labute approximate surface area is 221 Å². The summed E-state index contributed by atoms with van der Waals surface area (Å²) in [6.07, 6.45) is -1.63. The Kier molecular flexibility index (Phi) is 11.9. The Balaban J connectivity index is 0.000000301. The highest BCUT2D eigenvalue weighted by Crippen LogP contribution is 2.46. The van der Waals surface area contributed by atoms with E-state index >= 15 is 0 Å². The number of nitrogens with zero attached hydrogens (tertiary/aromatic N) is 2. The van der Waals surface area contributed by atoms with Gasteiger partial charge in [-0.25, -0.2) is 9.59 Å². The molecule has 1 saturated carbocycles. The molecule has 4 rings (SSSR count). The Morgan fingerprint density at radius 3 is 2.00 bits per heavy atom. The SMILES string of the molecule is COCC1CN(Cc2cccs2)CC12CCN(C1CCCC1)CC2.O=C(O)C(F)(F)F.O=C(O)C(F)(F)F. The molecule has 0 aromatic carbocycles. The van der Waals surface area contributed by atoms with E-state index in [9.17, 15) is 26.3 Å². The van der Waals surface area contributed by atoms with Crippen LogP contribution in [0.1, 0.15) is 43.4 Å². The smallest absolute Gasteiger partial charge is 0.475 e. The third kappa shape index (κ3) is 9.69. The molecule has 1 aliphatic carbocycles. The fourth-order valence-electron chi connectivity index (χ4n) is 5.49. The lowest BCUT2D eigenvalue weighted by atomic mass is 9.71. The minimum Gasteiger partial charge on any atom is -0.475 e. The minimum atomic E-state index is -5.08. The first kappa shape index (κ1) is 32.3. The van der Waals surface area contributed by atoms with E-state index in [1.54, 1.807) is 0 Å². The molecule has 0 bridgehead atoms. The number of likely N-dealkylation sites (tertiary alicyclic amines) is 2. The lowest BCUT2D eigenvalue weighted by Gasteiger charge is -2.44. The second-order valence-corrected chi connectivity index (χ2v) is 10.9. The van der Waals surface area contributed by atoms with Crippen molar-refractivity contribution >= 4 is 23.3 Å². The summed E-state index contributed by atoms with van der Waals surface area (Å²) in [7, 11) is 1.88. The van der Waals surface area contributed by atoms with Gasteiger partial charge in [-0.15, -0.1) is 11.3 Å². The van der Waals surface area contributed by atoms with Crippen molar-refractivity contribution in [2.75, 3.05) is 39.9 Å². The number of rotatable bonds is 5. The first-order valence-corrected chi connectivity index (χ1v) is 13.1. The lowest BCUT2D eigenvalue weighted by Crippen LogP contribution is -2.48. The average Bonchev–Trinajstić information content (AvgIpc) is 3.58. The van der Waals surface area contributed by atoms with E-state index in [1.165, 1.54) is 69.6 Å². The van der Waals surface area contributed by atoms with Crippen LogP contribution in [-0.4, -0.2) is 90.2 Å². The fourth-order valence-corrected chi connectivity index (χ4v) is 6.23. The van der Waals surface area contributed by atoms with Gasteiger partial charge >= 0.3 is 24.3 Å². The van der Waals surface area contributed by atoms with Crippen LogP contribution in [0.3, 0.4) is 0 Å². The monoisotopic (exact) mass is 576 g/mol. The van der Waals surface area contributed by atoms with Crippen molar-refractivity contribution in [3.63, 3.8) is 0 Å². The molecular weight excluding hydrogens is 542 g/mol. The third-order valence-electron chi connectivity index (χ3n) is 7.33. The third-order valence-corrected chi connectivity index (χ3v) is 8.19. The Hall–Kier alpha value is -1.90. The summed E-state index contributed by atoms with van der Waals surface area (Å²) in [5, 5.41) is 16.5. The van der Waals surface area contributed by atoms with E-state index in [0.29, 0.717) is 11.3 Å². The summed E-state index contributed by atoms with van der Waals surface area (Å²) in [6.45, 7) is 7.19. The maximum Gasteiger partial charge on any atom is 0.490 e. The van der Waals surface area contributed by atoms with Crippen LogP contribution < -0.4 is 0 Å². The largest absolute Gasteiger partial charge is 0.490 e. The number of aliphatic carboxylic acids is 2. The zero-order valence-corrected chi connectivity index (χ0v) is 21.9. The number of hydrogen-bond donors (Lipinski definition) is 2. The van der Waals surface area contributed by atoms with Crippen LogP contribution in [0.25, 0.3) is 0 Å². The molecule has 14 heteroatoms. The van der Waals surface area contributed by atoms with Crippen molar-refractivity contribution < 1.29 is 50.9 Å². The Morgan fingerprint density at radius 2 is 1.58 bits per heavy atom. The topological polar surface area (TPSA) is 90.3 Å². The Bertz CT molecular complexity index is 843. The van der Waals surface area contributed by atoms with E-state index in [1.807, 2.05) is 18.4 Å². The number of methoxy groups -OCH3 is 1. The van der Waals surface area contributed by atoms with Gasteiger partial charge in [0.05, 0.1) is 6.61 Å². The highest BCUT2D eigenvalue weighted by Gasteiger charge is 2.48. The standard InChI is InChI=1S/C20H32N2OS.2C2HF3O2/c1-23-15-17-13-21(14-19-7-4-12-24-19)16-20(17)8-10-22(11-9-20)18-5-2-3-6-18;2*3-2(4,5)1(6)7/h4,7,12,17-18H,2-3,5-6,8-11,13-16H2,1H3;2*(H,6,7). The highest BCUT2D eigenvalue weighted by atomic mass is 32.1. The van der Waals surface area contributed by atoms with Crippen molar-refractivity contribution in [1.82, 2.24) is 9.80 Å². The number of ether oxygens (including phenoxy) is 1. The van der Waals surface area contributed by atoms with Crippen molar-refractivity contribution in [1.29, 1.82) is 0 Å². The summed E-state index contributed by atoms with van der Waals surface area (Å²) in [4.78, 5) is 24.8. The van der Waals surface area contributed by atoms with Crippen molar-refractivity contribution in [2.45, 2.75) is 63.5 Å². The van der Waals surface area contributed by atoms with E-state index in [4.69, 9.17) is 24.5 Å². The predicted molar refractivity (Wildman–Crippen MR) is 128 cm³/mol. The minimum absolute atomic E-state index is 0.502. The van der Waals surface area contributed by atoms with E-state index in [-0.39, 0.29) is 0 Å². The van der Waals surface area contributed by atoms with Gasteiger partial charge in [0.1, 0.15) is 0 Å². The van der Waals surface area contributed by atoms with E-state index in [0.717, 1.165) is 19.2 Å². The molecule has 1 aromatic heterocycles. The van der Waals surface area contributed by atoms with Gasteiger partial charge in [0.25, 0.3) is 0 Å². The van der Waals surface area contributed by atoms with Gasteiger partial charge in [-0.3, -0.25) is 4.90 Å². The predicted octanol–water partition coefficient (Wildman–Crippen LogP) is 5.12. The molecule has 38 heavy (non-hydrogen) atoms. The number of piperidine rings is 1. The summed E-state index contributed by atoms with van der Waals surface area (Å²) in [5.74, 6) is -4.80. The Morgan fingerprint density at radius 1 is 1.05 bits per heavy atom. The molecule has 218 valence electrons. The normalized spacial score (nSPS) is 22.4. The molecule has 2 N–H and O–H groups in total. The maximum atomic E-state index is 10.6. The summed E-state index contributed by atoms with van der Waals surface area (Å²) in [6, 6.07) is 5.36. The highest BCUT2D eigenvalue weighted by molar-refractivity contribution is 7.09. The zero-order valence-electron chi connectivity index (χ0n) is 21.1. The fraction of sp³-hybridized carbons (Fsp3) is 0.750. The van der Waals surface area contributed by atoms with Gasteiger partial charge in [-0.05, 0) is 55.6 Å². The molecule has 1 atom stereocenters. The van der Waals surface area contributed by atoms with Gasteiger partial charge in [-0.1, -0.05) is 18.9 Å². The molecule has 3 fully saturated rings. The van der Waals surface area contributed by atoms with Crippen LogP contribution in [0.2, 0.25) is 0 Å². The number of halogens is 6. The quantitative estimate of drug-likeness (QED) is 0.471. The average molecular weight is 577 g/mol. The van der Waals surface area contributed by atoms with Crippen LogP contribution in [0.4, 0.5) is 26.3 Å². The lowest BCUT2D eigenvalue weighted by molar-refractivity contribution is -0.193. The molecule has 0 radical (unpaired) electrons. The number of thiophene rings is 1. The van der Waals surface area contributed by atoms with Crippen LogP contribution in [0.15, 0.2) is 17.5 Å². The maximum absolute atomic E-state index is 10.6. The molecule has 1 aromatic rings. The molecular formula is C24H34F6N2O5S. The van der Waals surface area contributed by atoms with Crippen molar-refractivity contribution in [3.8, 4) is 0 Å². The van der Waals surface area contributed by atoms with Gasteiger partial charge in [0, 0.05) is 43.6 Å². The van der Waals surface area contributed by atoms with E-state index < -0.39 is 24.3 Å².